The topological polar surface area (TPSA) is 68.9 Å². The molecule has 5 rings (SSSR count). The number of halogens is 3. The molecule has 0 aliphatic carbocycles. The molecule has 9 heteroatoms. The number of aromatic amines is 1. The molecule has 2 saturated heterocycles. The van der Waals surface area contributed by atoms with Crippen LogP contribution in [-0.4, -0.2) is 46.3 Å². The third kappa shape index (κ3) is 5.09. The maximum absolute atomic E-state index is 15.5. The molecule has 2 aliphatic rings. The third-order valence-electron chi connectivity index (χ3n) is 6.85. The number of benzene rings is 1. The Morgan fingerprint density at radius 1 is 1.12 bits per heavy atom. The maximum atomic E-state index is 15.5. The van der Waals surface area contributed by atoms with Crippen LogP contribution in [0.4, 0.5) is 20.4 Å². The summed E-state index contributed by atoms with van der Waals surface area (Å²) >= 11 is 5.92. The minimum Gasteiger partial charge on any atom is -0.323 e. The van der Waals surface area contributed by atoms with Gasteiger partial charge in [-0.05, 0) is 62.9 Å². The number of nitrogens with zero attached hydrogens (tertiary/aromatic N) is 3. The number of likely N-dealkylation sites (tertiary alicyclic amines) is 1. The summed E-state index contributed by atoms with van der Waals surface area (Å²) in [5.74, 6) is 1.27. The molecule has 0 radical (unpaired) electrons. The summed E-state index contributed by atoms with van der Waals surface area (Å²) in [5.41, 5.74) is 2.79. The first-order valence-corrected chi connectivity index (χ1v) is 12.2. The second kappa shape index (κ2) is 9.98. The minimum absolute atomic E-state index is 0.157. The first kappa shape index (κ1) is 23.2. The summed E-state index contributed by atoms with van der Waals surface area (Å²) in [4.78, 5) is 6.88. The smallest absolute Gasteiger partial charge is 0.153 e. The highest BCUT2D eigenvalue weighted by Crippen LogP contribution is 2.31. The van der Waals surface area contributed by atoms with E-state index in [1.807, 2.05) is 19.1 Å². The number of H-pyrrole nitrogens is 1. The molecular formula is C25H29ClF2N6. The van der Waals surface area contributed by atoms with Crippen LogP contribution >= 0.6 is 11.6 Å². The summed E-state index contributed by atoms with van der Waals surface area (Å²) in [6.07, 6.45) is 2.42. The number of rotatable bonds is 7. The van der Waals surface area contributed by atoms with E-state index in [2.05, 4.69) is 30.7 Å². The first-order valence-electron chi connectivity index (χ1n) is 11.8. The Balaban J connectivity index is 1.27. The summed E-state index contributed by atoms with van der Waals surface area (Å²) in [6.45, 7) is 5.69. The van der Waals surface area contributed by atoms with Gasteiger partial charge in [0.25, 0.3) is 0 Å². The lowest BCUT2D eigenvalue weighted by Gasteiger charge is -2.32. The largest absolute Gasteiger partial charge is 0.323 e. The molecular weight excluding hydrogens is 458 g/mol. The van der Waals surface area contributed by atoms with Gasteiger partial charge in [-0.25, -0.2) is 13.8 Å². The van der Waals surface area contributed by atoms with Gasteiger partial charge >= 0.3 is 0 Å². The molecule has 1 aromatic carbocycles. The van der Waals surface area contributed by atoms with Crippen molar-refractivity contribution in [2.24, 2.45) is 5.92 Å². The molecule has 180 valence electrons. The molecule has 4 heterocycles. The Kier molecular flexibility index (Phi) is 6.81. The van der Waals surface area contributed by atoms with E-state index in [0.29, 0.717) is 47.3 Å². The molecule has 3 N–H and O–H groups in total. The Bertz CT molecular complexity index is 1150. The van der Waals surface area contributed by atoms with Crippen LogP contribution in [0.2, 0.25) is 5.02 Å². The van der Waals surface area contributed by atoms with Gasteiger partial charge in [-0.15, -0.1) is 0 Å². The van der Waals surface area contributed by atoms with E-state index in [4.69, 9.17) is 11.6 Å². The van der Waals surface area contributed by atoms with Crippen LogP contribution in [0.15, 0.2) is 30.3 Å². The van der Waals surface area contributed by atoms with Crippen molar-refractivity contribution in [3.05, 3.63) is 69.5 Å². The summed E-state index contributed by atoms with van der Waals surface area (Å²) in [5, 5.41) is 13.7. The number of hydrogen-bond acceptors (Lipinski definition) is 5. The van der Waals surface area contributed by atoms with Gasteiger partial charge in [-0.3, -0.25) is 10.00 Å². The Morgan fingerprint density at radius 2 is 1.91 bits per heavy atom. The van der Waals surface area contributed by atoms with E-state index in [1.165, 1.54) is 0 Å². The van der Waals surface area contributed by atoms with Gasteiger partial charge in [0.1, 0.15) is 17.5 Å². The fraction of sp³-hybridized carbons (Fsp3) is 0.440. The maximum Gasteiger partial charge on any atom is 0.153 e. The van der Waals surface area contributed by atoms with Crippen LogP contribution in [0.3, 0.4) is 0 Å². The lowest BCUT2D eigenvalue weighted by atomic mass is 9.88. The van der Waals surface area contributed by atoms with Crippen LogP contribution in [0, 0.1) is 24.5 Å². The van der Waals surface area contributed by atoms with E-state index in [0.717, 1.165) is 44.7 Å². The van der Waals surface area contributed by atoms with E-state index in [9.17, 15) is 4.39 Å². The van der Waals surface area contributed by atoms with Crippen LogP contribution in [0.25, 0.3) is 0 Å². The van der Waals surface area contributed by atoms with Crippen molar-refractivity contribution in [1.82, 2.24) is 25.4 Å². The number of hydrogen-bond donors (Lipinski definition) is 3. The zero-order valence-corrected chi connectivity index (χ0v) is 19.9. The number of aromatic nitrogens is 3. The number of anilines is 2. The Labute approximate surface area is 203 Å². The van der Waals surface area contributed by atoms with Gasteiger partial charge in [0.2, 0.25) is 0 Å². The molecule has 2 aromatic heterocycles. The lowest BCUT2D eigenvalue weighted by molar-refractivity contribution is 0.174. The van der Waals surface area contributed by atoms with Gasteiger partial charge in [-0.2, -0.15) is 5.10 Å². The van der Waals surface area contributed by atoms with Crippen LogP contribution < -0.4 is 10.6 Å². The standard InChI is InChI=1S/C25H29ClF2N6/c1-15-9-23(33-32-15)31-22-11-19(18-12-29-13-18)25(28)21(30-22)10-16-5-7-34(8-6-16)14-17-3-2-4-20(26)24(17)27/h2-4,9,11,16,18,29H,5-8,10,12-14H2,1H3,(H2,30,31,32,33). The number of piperidine rings is 1. The molecule has 0 saturated carbocycles. The fourth-order valence-electron chi connectivity index (χ4n) is 4.76. The average Bonchev–Trinajstić information content (AvgIpc) is 3.19. The van der Waals surface area contributed by atoms with Gasteiger partial charge in [-0.1, -0.05) is 23.7 Å². The highest BCUT2D eigenvalue weighted by atomic mass is 35.5. The lowest BCUT2D eigenvalue weighted by Crippen LogP contribution is -2.40. The second-order valence-corrected chi connectivity index (χ2v) is 9.82. The fourth-order valence-corrected chi connectivity index (χ4v) is 4.95. The molecule has 2 fully saturated rings. The quantitative estimate of drug-likeness (QED) is 0.442. The Hall–Kier alpha value is -2.55. The van der Waals surface area contributed by atoms with Crippen LogP contribution in [0.5, 0.6) is 0 Å². The predicted octanol–water partition coefficient (Wildman–Crippen LogP) is 4.93. The molecule has 0 bridgehead atoms. The molecule has 3 aromatic rings. The van der Waals surface area contributed by atoms with Crippen molar-refractivity contribution >= 4 is 23.2 Å². The SMILES string of the molecule is Cc1cc(Nc2cc(C3CNC3)c(F)c(CC3CCN(Cc4cccc(Cl)c4F)CC3)n2)n[nH]1. The summed E-state index contributed by atoms with van der Waals surface area (Å²) < 4.78 is 29.7. The average molecular weight is 487 g/mol. The number of pyridine rings is 1. The molecule has 2 aliphatic heterocycles. The third-order valence-corrected chi connectivity index (χ3v) is 7.14. The molecule has 6 nitrogen and oxygen atoms in total. The van der Waals surface area contributed by atoms with E-state index in [1.54, 1.807) is 18.2 Å². The first-order chi connectivity index (χ1) is 16.5. The summed E-state index contributed by atoms with van der Waals surface area (Å²) in [7, 11) is 0. The van der Waals surface area contributed by atoms with Gasteiger partial charge in [0.05, 0.1) is 10.7 Å². The van der Waals surface area contributed by atoms with Crippen molar-refractivity contribution in [1.29, 1.82) is 0 Å². The van der Waals surface area contributed by atoms with E-state index < -0.39 is 0 Å². The molecule has 0 spiro atoms. The summed E-state index contributed by atoms with van der Waals surface area (Å²) in [6, 6.07) is 8.84. The van der Waals surface area contributed by atoms with Crippen molar-refractivity contribution < 1.29 is 8.78 Å². The predicted molar refractivity (Wildman–Crippen MR) is 130 cm³/mol. The Morgan fingerprint density at radius 3 is 2.59 bits per heavy atom. The zero-order valence-electron chi connectivity index (χ0n) is 19.2. The molecule has 0 unspecified atom stereocenters. The highest BCUT2D eigenvalue weighted by Gasteiger charge is 2.28. The van der Waals surface area contributed by atoms with Crippen molar-refractivity contribution in [2.75, 3.05) is 31.5 Å². The molecule has 0 amide bonds. The number of nitrogens with one attached hydrogen (secondary N) is 3. The minimum atomic E-state index is -0.341. The van der Waals surface area contributed by atoms with E-state index >= 15 is 4.39 Å². The van der Waals surface area contributed by atoms with Crippen molar-refractivity contribution in [3.8, 4) is 0 Å². The normalized spacial score (nSPS) is 17.6. The van der Waals surface area contributed by atoms with Crippen molar-refractivity contribution in [3.63, 3.8) is 0 Å². The monoisotopic (exact) mass is 486 g/mol. The van der Waals surface area contributed by atoms with Crippen LogP contribution in [-0.2, 0) is 13.0 Å². The van der Waals surface area contributed by atoms with Gasteiger partial charge in [0.15, 0.2) is 5.82 Å². The number of aryl methyl sites for hydroxylation is 1. The van der Waals surface area contributed by atoms with Gasteiger partial charge < -0.3 is 10.6 Å². The highest BCUT2D eigenvalue weighted by molar-refractivity contribution is 6.30. The second-order valence-electron chi connectivity index (χ2n) is 9.41. The van der Waals surface area contributed by atoms with Crippen molar-refractivity contribution in [2.45, 2.75) is 38.6 Å². The zero-order chi connectivity index (χ0) is 23.7. The van der Waals surface area contributed by atoms with E-state index in [-0.39, 0.29) is 22.6 Å². The van der Waals surface area contributed by atoms with Crippen LogP contribution in [0.1, 0.15) is 41.3 Å². The van der Waals surface area contributed by atoms with Gasteiger partial charge in [0, 0.05) is 42.9 Å². The molecule has 34 heavy (non-hydrogen) atoms. The molecule has 0 atom stereocenters.